The van der Waals surface area contributed by atoms with Crippen LogP contribution in [0.5, 0.6) is 0 Å². The Balaban J connectivity index is 1.32. The smallest absolute Gasteiger partial charge is 0.306 e. The van der Waals surface area contributed by atoms with Gasteiger partial charge in [-0.15, -0.1) is 0 Å². The topological polar surface area (TPSA) is 88.2 Å². The molecule has 1 aromatic heterocycles. The number of nitrogens with zero attached hydrogens (tertiary/aromatic N) is 2. The summed E-state index contributed by atoms with van der Waals surface area (Å²) in [5.41, 5.74) is 3.52. The van der Waals surface area contributed by atoms with E-state index in [1.807, 2.05) is 18.2 Å². The molecule has 1 aromatic carbocycles. The fraction of sp³-hybridized carbons (Fsp3) is 0.458. The predicted octanol–water partition coefficient (Wildman–Crippen LogP) is 4.36. The first-order valence-corrected chi connectivity index (χ1v) is 10.7. The normalized spacial score (nSPS) is 23.3. The SMILES string of the molecule is CC(C)Cc1ccc(-c2nc(C3C=CC=C(CNC4CC(C(=O)O)C4)C3)no2)cc1. The van der Waals surface area contributed by atoms with Gasteiger partial charge in [0, 0.05) is 24.1 Å². The number of rotatable bonds is 8. The average Bonchev–Trinajstić information content (AvgIpc) is 3.17. The third-order valence-electron chi connectivity index (χ3n) is 5.88. The Bertz CT molecular complexity index is 937. The maximum absolute atomic E-state index is 10.9. The Morgan fingerprint density at radius 3 is 2.73 bits per heavy atom. The Kier molecular flexibility index (Phi) is 6.13. The Morgan fingerprint density at radius 2 is 2.03 bits per heavy atom. The number of nitrogens with one attached hydrogen (secondary N) is 1. The molecule has 2 N–H and O–H groups in total. The first kappa shape index (κ1) is 20.5. The highest BCUT2D eigenvalue weighted by molar-refractivity contribution is 5.71. The molecule has 158 valence electrons. The molecule has 6 heteroatoms. The van der Waals surface area contributed by atoms with Crippen molar-refractivity contribution in [2.75, 3.05) is 6.54 Å². The van der Waals surface area contributed by atoms with Crippen LogP contribution in [0.3, 0.4) is 0 Å². The summed E-state index contributed by atoms with van der Waals surface area (Å²) < 4.78 is 5.53. The molecule has 0 spiro atoms. The number of aromatic nitrogens is 2. The molecule has 1 unspecified atom stereocenters. The van der Waals surface area contributed by atoms with Crippen molar-refractivity contribution in [3.8, 4) is 11.5 Å². The standard InChI is InChI=1S/C24H29N3O3/c1-15(2)10-16-6-8-18(9-7-16)23-26-22(27-30-23)19-5-3-4-17(11-19)14-25-21-12-20(13-21)24(28)29/h3-9,15,19-21,25H,10-14H2,1-2H3,(H,28,29). The molecule has 1 atom stereocenters. The van der Waals surface area contributed by atoms with E-state index in [0.717, 1.165) is 24.9 Å². The lowest BCUT2D eigenvalue weighted by atomic mass is 9.80. The molecule has 2 aromatic rings. The van der Waals surface area contributed by atoms with Crippen LogP contribution in [0.1, 0.15) is 50.4 Å². The van der Waals surface area contributed by atoms with Gasteiger partial charge in [0.25, 0.3) is 5.89 Å². The van der Waals surface area contributed by atoms with Crippen LogP contribution in [-0.2, 0) is 11.2 Å². The van der Waals surface area contributed by atoms with Crippen molar-refractivity contribution in [1.29, 1.82) is 0 Å². The summed E-state index contributed by atoms with van der Waals surface area (Å²) in [5, 5.41) is 16.7. The molecule has 1 fully saturated rings. The van der Waals surface area contributed by atoms with Gasteiger partial charge in [-0.3, -0.25) is 4.79 Å². The first-order chi connectivity index (χ1) is 14.5. The zero-order chi connectivity index (χ0) is 21.1. The number of aliphatic carboxylic acids is 1. The third kappa shape index (κ3) is 4.87. The van der Waals surface area contributed by atoms with Crippen molar-refractivity contribution < 1.29 is 14.4 Å². The van der Waals surface area contributed by atoms with Crippen molar-refractivity contribution >= 4 is 5.97 Å². The molecule has 4 rings (SSSR count). The van der Waals surface area contributed by atoms with Crippen LogP contribution in [0.25, 0.3) is 11.5 Å². The molecule has 2 aliphatic carbocycles. The summed E-state index contributed by atoms with van der Waals surface area (Å²) in [5.74, 6) is 1.11. The summed E-state index contributed by atoms with van der Waals surface area (Å²) in [6.45, 7) is 5.19. The summed E-state index contributed by atoms with van der Waals surface area (Å²) in [7, 11) is 0. The van der Waals surface area contributed by atoms with Crippen molar-refractivity contribution in [3.05, 3.63) is 59.5 Å². The van der Waals surface area contributed by atoms with E-state index in [-0.39, 0.29) is 11.8 Å². The highest BCUT2D eigenvalue weighted by atomic mass is 16.5. The third-order valence-corrected chi connectivity index (χ3v) is 5.88. The van der Waals surface area contributed by atoms with E-state index in [2.05, 4.69) is 53.6 Å². The molecule has 30 heavy (non-hydrogen) atoms. The number of carboxylic acid groups (broad SMARTS) is 1. The fourth-order valence-electron chi connectivity index (χ4n) is 4.07. The lowest BCUT2D eigenvalue weighted by molar-refractivity contribution is -0.145. The van der Waals surface area contributed by atoms with Crippen LogP contribution in [0.2, 0.25) is 0 Å². The maximum Gasteiger partial charge on any atom is 0.306 e. The minimum absolute atomic E-state index is 0.0951. The van der Waals surface area contributed by atoms with Gasteiger partial charge < -0.3 is 14.9 Å². The highest BCUT2D eigenvalue weighted by Crippen LogP contribution is 2.30. The summed E-state index contributed by atoms with van der Waals surface area (Å²) in [6.07, 6.45) is 9.59. The van der Waals surface area contributed by atoms with E-state index in [1.54, 1.807) is 0 Å². The van der Waals surface area contributed by atoms with Gasteiger partial charge in [-0.1, -0.05) is 54.9 Å². The van der Waals surface area contributed by atoms with Crippen LogP contribution >= 0.6 is 0 Å². The molecule has 1 heterocycles. The minimum atomic E-state index is -0.685. The highest BCUT2D eigenvalue weighted by Gasteiger charge is 2.34. The molecule has 0 aliphatic heterocycles. The number of carbonyl (C=O) groups is 1. The van der Waals surface area contributed by atoms with Gasteiger partial charge in [0.2, 0.25) is 0 Å². The molecule has 0 radical (unpaired) electrons. The maximum atomic E-state index is 10.9. The molecular weight excluding hydrogens is 378 g/mol. The summed E-state index contributed by atoms with van der Waals surface area (Å²) in [4.78, 5) is 15.6. The van der Waals surface area contributed by atoms with Crippen molar-refractivity contribution in [1.82, 2.24) is 15.5 Å². The quantitative estimate of drug-likeness (QED) is 0.676. The molecule has 0 amide bonds. The lowest BCUT2D eigenvalue weighted by Gasteiger charge is -2.33. The van der Waals surface area contributed by atoms with E-state index in [9.17, 15) is 4.79 Å². The van der Waals surface area contributed by atoms with Gasteiger partial charge in [-0.25, -0.2) is 0 Å². The van der Waals surface area contributed by atoms with E-state index in [0.29, 0.717) is 36.5 Å². The molecule has 0 saturated heterocycles. The zero-order valence-corrected chi connectivity index (χ0v) is 17.5. The second-order valence-corrected chi connectivity index (χ2v) is 8.86. The number of allylic oxidation sites excluding steroid dienone is 3. The largest absolute Gasteiger partial charge is 0.481 e. The predicted molar refractivity (Wildman–Crippen MR) is 115 cm³/mol. The van der Waals surface area contributed by atoms with Crippen LogP contribution in [0, 0.1) is 11.8 Å². The van der Waals surface area contributed by atoms with Gasteiger partial charge >= 0.3 is 5.97 Å². The van der Waals surface area contributed by atoms with Crippen LogP contribution < -0.4 is 5.32 Å². The van der Waals surface area contributed by atoms with Crippen LogP contribution in [-0.4, -0.2) is 33.8 Å². The van der Waals surface area contributed by atoms with E-state index in [1.165, 1.54) is 11.1 Å². The summed E-state index contributed by atoms with van der Waals surface area (Å²) in [6, 6.07) is 8.64. The average molecular weight is 408 g/mol. The van der Waals surface area contributed by atoms with Gasteiger partial charge in [0.05, 0.1) is 5.92 Å². The second kappa shape index (κ2) is 8.96. The van der Waals surface area contributed by atoms with Crippen LogP contribution in [0.15, 0.2) is 52.6 Å². The van der Waals surface area contributed by atoms with Crippen molar-refractivity contribution in [2.24, 2.45) is 11.8 Å². The van der Waals surface area contributed by atoms with E-state index in [4.69, 9.17) is 9.63 Å². The number of carboxylic acids is 1. The molecule has 0 bridgehead atoms. The van der Waals surface area contributed by atoms with Gasteiger partial charge in [0.15, 0.2) is 5.82 Å². The molecule has 1 saturated carbocycles. The Hall–Kier alpha value is -2.73. The lowest BCUT2D eigenvalue weighted by Crippen LogP contribution is -2.44. The molecule has 2 aliphatic rings. The zero-order valence-electron chi connectivity index (χ0n) is 17.5. The van der Waals surface area contributed by atoms with E-state index < -0.39 is 5.97 Å². The van der Waals surface area contributed by atoms with Crippen molar-refractivity contribution in [3.63, 3.8) is 0 Å². The molecule has 6 nitrogen and oxygen atoms in total. The Morgan fingerprint density at radius 1 is 1.27 bits per heavy atom. The minimum Gasteiger partial charge on any atom is -0.481 e. The number of hydrogen-bond acceptors (Lipinski definition) is 5. The van der Waals surface area contributed by atoms with Gasteiger partial charge in [-0.2, -0.15) is 4.98 Å². The second-order valence-electron chi connectivity index (χ2n) is 8.86. The van der Waals surface area contributed by atoms with Gasteiger partial charge in [-0.05, 0) is 49.3 Å². The van der Waals surface area contributed by atoms with E-state index >= 15 is 0 Å². The van der Waals surface area contributed by atoms with Crippen LogP contribution in [0.4, 0.5) is 0 Å². The Labute approximate surface area is 177 Å². The molecular formula is C24H29N3O3. The van der Waals surface area contributed by atoms with Crippen molar-refractivity contribution in [2.45, 2.75) is 51.5 Å². The first-order valence-electron chi connectivity index (χ1n) is 10.7. The monoisotopic (exact) mass is 407 g/mol. The fourth-order valence-corrected chi connectivity index (χ4v) is 4.07. The van der Waals surface area contributed by atoms with Gasteiger partial charge in [0.1, 0.15) is 0 Å². The summed E-state index contributed by atoms with van der Waals surface area (Å²) >= 11 is 0. The number of hydrogen-bond donors (Lipinski definition) is 2. The number of benzene rings is 1.